The normalized spacial score (nSPS) is 10.9. The highest BCUT2D eigenvalue weighted by Gasteiger charge is 2.16. The molecule has 0 aliphatic carbocycles. The van der Waals surface area contributed by atoms with E-state index in [4.69, 9.17) is 4.98 Å². The van der Waals surface area contributed by atoms with Crippen LogP contribution in [0.2, 0.25) is 0 Å². The van der Waals surface area contributed by atoms with Gasteiger partial charge in [-0.2, -0.15) is 0 Å². The van der Waals surface area contributed by atoms with Crippen LogP contribution in [-0.4, -0.2) is 20.4 Å². The van der Waals surface area contributed by atoms with Gasteiger partial charge in [-0.3, -0.25) is 9.78 Å². The van der Waals surface area contributed by atoms with Gasteiger partial charge in [-0.05, 0) is 55.3 Å². The Kier molecular flexibility index (Phi) is 4.42. The zero-order valence-corrected chi connectivity index (χ0v) is 15.3. The van der Waals surface area contributed by atoms with Crippen LogP contribution in [0.15, 0.2) is 67.0 Å². The number of fused-ring (bicyclic) bond motifs is 1. The predicted octanol–water partition coefficient (Wildman–Crippen LogP) is 4.35. The molecule has 1 amide bonds. The summed E-state index contributed by atoms with van der Waals surface area (Å²) in [6, 6.07) is 17.6. The quantitative estimate of drug-likeness (QED) is 0.591. The smallest absolute Gasteiger partial charge is 0.244 e. The first-order valence-corrected chi connectivity index (χ1v) is 8.85. The van der Waals surface area contributed by atoms with Crippen molar-refractivity contribution in [3.05, 3.63) is 78.1 Å². The molecule has 1 N–H and O–H groups in total. The second kappa shape index (κ2) is 7.03. The third-order valence-corrected chi connectivity index (χ3v) is 4.75. The number of para-hydroxylation sites is 2. The third-order valence-electron chi connectivity index (χ3n) is 4.75. The Labute approximate surface area is 157 Å². The van der Waals surface area contributed by atoms with Gasteiger partial charge in [0.15, 0.2) is 0 Å². The number of amides is 1. The maximum atomic E-state index is 12.8. The molecule has 4 rings (SSSR count). The van der Waals surface area contributed by atoms with Gasteiger partial charge in [-0.1, -0.05) is 24.3 Å². The van der Waals surface area contributed by atoms with Gasteiger partial charge < -0.3 is 9.88 Å². The molecule has 0 saturated heterocycles. The Hall–Kier alpha value is -3.47. The van der Waals surface area contributed by atoms with Crippen molar-refractivity contribution >= 4 is 22.6 Å². The van der Waals surface area contributed by atoms with Gasteiger partial charge in [0.05, 0.1) is 11.0 Å². The van der Waals surface area contributed by atoms with Crippen LogP contribution in [0.25, 0.3) is 22.4 Å². The topological polar surface area (TPSA) is 59.8 Å². The lowest BCUT2D eigenvalue weighted by Gasteiger charge is -2.12. The van der Waals surface area contributed by atoms with E-state index >= 15 is 0 Å². The third kappa shape index (κ3) is 3.31. The first kappa shape index (κ1) is 17.0. The molecule has 0 aliphatic rings. The molecule has 0 spiro atoms. The fraction of sp³-hybridized carbons (Fsp3) is 0.136. The van der Waals surface area contributed by atoms with Crippen molar-refractivity contribution in [2.24, 2.45) is 0 Å². The number of anilines is 1. The Bertz CT molecular complexity index is 1120. The molecule has 2 aromatic heterocycles. The van der Waals surface area contributed by atoms with Crippen molar-refractivity contribution in [1.29, 1.82) is 0 Å². The minimum atomic E-state index is -0.0861. The van der Waals surface area contributed by atoms with E-state index in [0.717, 1.165) is 39.2 Å². The number of imidazole rings is 1. The lowest BCUT2D eigenvalue weighted by molar-refractivity contribution is -0.116. The summed E-state index contributed by atoms with van der Waals surface area (Å²) in [5.74, 6) is 0.650. The zero-order valence-electron chi connectivity index (χ0n) is 15.3. The van der Waals surface area contributed by atoms with Gasteiger partial charge in [0.25, 0.3) is 0 Å². The number of hydrogen-bond acceptors (Lipinski definition) is 3. The summed E-state index contributed by atoms with van der Waals surface area (Å²) >= 11 is 0. The maximum absolute atomic E-state index is 12.8. The minimum Gasteiger partial charge on any atom is -0.324 e. The summed E-state index contributed by atoms with van der Waals surface area (Å²) in [5.41, 5.74) is 5.73. The van der Waals surface area contributed by atoms with E-state index in [1.165, 1.54) is 0 Å². The van der Waals surface area contributed by atoms with E-state index in [1.807, 2.05) is 73.0 Å². The fourth-order valence-corrected chi connectivity index (χ4v) is 3.17. The average Bonchev–Trinajstić information content (AvgIpc) is 3.05. The van der Waals surface area contributed by atoms with Crippen molar-refractivity contribution in [2.75, 3.05) is 5.32 Å². The number of nitrogens with zero attached hydrogens (tertiary/aromatic N) is 3. The molecule has 0 unspecified atom stereocenters. The Balaban J connectivity index is 1.70. The van der Waals surface area contributed by atoms with E-state index < -0.39 is 0 Å². The first-order valence-electron chi connectivity index (χ1n) is 8.85. The molecule has 0 radical (unpaired) electrons. The lowest BCUT2D eigenvalue weighted by Crippen LogP contribution is -2.20. The number of hydrogen-bond donors (Lipinski definition) is 1. The fourth-order valence-electron chi connectivity index (χ4n) is 3.17. The summed E-state index contributed by atoms with van der Waals surface area (Å²) in [6.45, 7) is 4.23. The SMILES string of the molecule is Cc1cccc(NC(=O)Cn2c(-c3cccnc3)nc3ccccc32)c1C. The molecule has 4 aromatic rings. The summed E-state index contributed by atoms with van der Waals surface area (Å²) in [6.07, 6.45) is 3.49. The molecule has 2 heterocycles. The van der Waals surface area contributed by atoms with Gasteiger partial charge >= 0.3 is 0 Å². The van der Waals surface area contributed by atoms with E-state index in [-0.39, 0.29) is 12.5 Å². The van der Waals surface area contributed by atoms with Crippen LogP contribution in [-0.2, 0) is 11.3 Å². The summed E-state index contributed by atoms with van der Waals surface area (Å²) in [4.78, 5) is 21.7. The van der Waals surface area contributed by atoms with Crippen molar-refractivity contribution in [1.82, 2.24) is 14.5 Å². The number of aromatic nitrogens is 3. The van der Waals surface area contributed by atoms with E-state index in [0.29, 0.717) is 0 Å². The Morgan fingerprint density at radius 1 is 1.04 bits per heavy atom. The average molecular weight is 356 g/mol. The molecule has 2 aromatic carbocycles. The highest BCUT2D eigenvalue weighted by molar-refractivity contribution is 5.93. The highest BCUT2D eigenvalue weighted by Crippen LogP contribution is 2.24. The van der Waals surface area contributed by atoms with Gasteiger partial charge in [0.1, 0.15) is 12.4 Å². The zero-order chi connectivity index (χ0) is 18.8. The van der Waals surface area contributed by atoms with Crippen molar-refractivity contribution in [2.45, 2.75) is 20.4 Å². The van der Waals surface area contributed by atoms with Gasteiger partial charge in [-0.25, -0.2) is 4.98 Å². The van der Waals surface area contributed by atoms with Crippen LogP contribution in [0.1, 0.15) is 11.1 Å². The summed E-state index contributed by atoms with van der Waals surface area (Å²) in [7, 11) is 0. The number of nitrogens with one attached hydrogen (secondary N) is 1. The summed E-state index contributed by atoms with van der Waals surface area (Å²) < 4.78 is 1.94. The Morgan fingerprint density at radius 3 is 2.70 bits per heavy atom. The van der Waals surface area contributed by atoms with Crippen LogP contribution in [0.5, 0.6) is 0 Å². The van der Waals surface area contributed by atoms with Gasteiger partial charge in [0.2, 0.25) is 5.91 Å². The van der Waals surface area contributed by atoms with Crippen LogP contribution in [0.4, 0.5) is 5.69 Å². The number of pyridine rings is 1. The molecule has 5 nitrogen and oxygen atoms in total. The van der Waals surface area contributed by atoms with E-state index in [9.17, 15) is 4.79 Å². The second-order valence-corrected chi connectivity index (χ2v) is 6.55. The molecule has 0 fully saturated rings. The van der Waals surface area contributed by atoms with Gasteiger partial charge in [0, 0.05) is 23.6 Å². The Morgan fingerprint density at radius 2 is 1.89 bits per heavy atom. The molecule has 0 aliphatic heterocycles. The van der Waals surface area contributed by atoms with Gasteiger partial charge in [-0.15, -0.1) is 0 Å². The molecule has 0 atom stereocenters. The van der Waals surface area contributed by atoms with Crippen molar-refractivity contribution < 1.29 is 4.79 Å². The second-order valence-electron chi connectivity index (χ2n) is 6.55. The molecule has 0 bridgehead atoms. The lowest BCUT2D eigenvalue weighted by atomic mass is 10.1. The van der Waals surface area contributed by atoms with Crippen LogP contribution >= 0.6 is 0 Å². The number of carbonyl (C=O) groups excluding carboxylic acids is 1. The standard InChI is InChI=1S/C22H20N4O/c1-15-7-5-10-18(16(15)2)24-21(27)14-26-20-11-4-3-9-19(20)25-22(26)17-8-6-12-23-13-17/h3-13H,14H2,1-2H3,(H,24,27). The first-order chi connectivity index (χ1) is 13.1. The van der Waals surface area contributed by atoms with E-state index in [1.54, 1.807) is 12.4 Å². The molecule has 134 valence electrons. The minimum absolute atomic E-state index is 0.0861. The van der Waals surface area contributed by atoms with Crippen LogP contribution in [0.3, 0.4) is 0 Å². The molecule has 5 heteroatoms. The van der Waals surface area contributed by atoms with Crippen LogP contribution in [0, 0.1) is 13.8 Å². The largest absolute Gasteiger partial charge is 0.324 e. The maximum Gasteiger partial charge on any atom is 0.244 e. The highest BCUT2D eigenvalue weighted by atomic mass is 16.1. The number of aryl methyl sites for hydroxylation is 1. The van der Waals surface area contributed by atoms with Crippen molar-refractivity contribution in [3.63, 3.8) is 0 Å². The molecular formula is C22H20N4O. The molecule has 27 heavy (non-hydrogen) atoms. The number of benzene rings is 2. The summed E-state index contributed by atoms with van der Waals surface area (Å²) in [5, 5.41) is 3.03. The van der Waals surface area contributed by atoms with Crippen LogP contribution < -0.4 is 5.32 Å². The number of rotatable bonds is 4. The molecule has 0 saturated carbocycles. The molecular weight excluding hydrogens is 336 g/mol. The monoisotopic (exact) mass is 356 g/mol. The number of carbonyl (C=O) groups is 1. The van der Waals surface area contributed by atoms with Crippen molar-refractivity contribution in [3.8, 4) is 11.4 Å². The predicted molar refractivity (Wildman–Crippen MR) is 108 cm³/mol. The van der Waals surface area contributed by atoms with E-state index in [2.05, 4.69) is 10.3 Å².